The lowest BCUT2D eigenvalue weighted by Crippen LogP contribution is -2.24. The molecule has 2 rings (SSSR count). The highest BCUT2D eigenvalue weighted by atomic mass is 16.5. The van der Waals surface area contributed by atoms with Crippen LogP contribution < -0.4 is 15.4 Å². The molecule has 0 atom stereocenters. The van der Waals surface area contributed by atoms with E-state index in [0.717, 1.165) is 11.3 Å². The second kappa shape index (κ2) is 8.25. The minimum Gasteiger partial charge on any atom is -0.497 e. The quantitative estimate of drug-likeness (QED) is 0.636. The molecule has 2 aromatic rings. The Morgan fingerprint density at radius 1 is 1.22 bits per heavy atom. The number of rotatable bonds is 6. The minimum atomic E-state index is -0.424. The fraction of sp³-hybridized carbons (Fsp3) is 0.111. The second-order valence-electron chi connectivity index (χ2n) is 4.71. The number of hydrogen-bond acceptors (Lipinski definition) is 4. The molecular weight excluding hydrogens is 290 g/mol. The van der Waals surface area contributed by atoms with Crippen molar-refractivity contribution < 1.29 is 9.53 Å². The fourth-order valence-corrected chi connectivity index (χ4v) is 1.89. The Hall–Kier alpha value is -3.26. The van der Waals surface area contributed by atoms with Gasteiger partial charge in [-0.25, -0.2) is 0 Å². The standard InChI is InChI=1S/C18H17N3O2/c1-23-17-9-5-8-16(10-17)20-13-15(11-19)18(22)21-12-14-6-3-2-4-7-14/h2-10,13,20H,12H2,1H3,(H,21,22). The molecule has 5 nitrogen and oxygen atoms in total. The zero-order valence-corrected chi connectivity index (χ0v) is 12.7. The smallest absolute Gasteiger partial charge is 0.263 e. The van der Waals surface area contributed by atoms with Gasteiger partial charge >= 0.3 is 0 Å². The van der Waals surface area contributed by atoms with Crippen LogP contribution in [0.1, 0.15) is 5.56 Å². The summed E-state index contributed by atoms with van der Waals surface area (Å²) in [4.78, 5) is 12.0. The van der Waals surface area contributed by atoms with Gasteiger partial charge < -0.3 is 15.4 Å². The van der Waals surface area contributed by atoms with Crippen LogP contribution in [0.25, 0.3) is 0 Å². The summed E-state index contributed by atoms with van der Waals surface area (Å²) in [6, 6.07) is 18.6. The number of nitrogens with one attached hydrogen (secondary N) is 2. The number of carbonyl (C=O) groups excluding carboxylic acids is 1. The van der Waals surface area contributed by atoms with Crippen molar-refractivity contribution in [1.82, 2.24) is 5.32 Å². The van der Waals surface area contributed by atoms with Crippen molar-refractivity contribution in [1.29, 1.82) is 5.26 Å². The Morgan fingerprint density at radius 2 is 2.00 bits per heavy atom. The zero-order valence-electron chi connectivity index (χ0n) is 12.7. The van der Waals surface area contributed by atoms with Crippen molar-refractivity contribution in [2.24, 2.45) is 0 Å². The maximum Gasteiger partial charge on any atom is 0.263 e. The van der Waals surface area contributed by atoms with Gasteiger partial charge in [0.25, 0.3) is 5.91 Å². The summed E-state index contributed by atoms with van der Waals surface area (Å²) in [5.41, 5.74) is 1.70. The number of hydrogen-bond donors (Lipinski definition) is 2. The van der Waals surface area contributed by atoms with Crippen LogP contribution in [0.15, 0.2) is 66.4 Å². The Kier molecular flexibility index (Phi) is 5.78. The Morgan fingerprint density at radius 3 is 2.70 bits per heavy atom. The van der Waals surface area contributed by atoms with Crippen molar-refractivity contribution >= 4 is 11.6 Å². The van der Waals surface area contributed by atoms with E-state index in [1.165, 1.54) is 6.20 Å². The molecule has 0 unspecified atom stereocenters. The van der Waals surface area contributed by atoms with Gasteiger partial charge in [0.15, 0.2) is 0 Å². The number of carbonyl (C=O) groups is 1. The highest BCUT2D eigenvalue weighted by Crippen LogP contribution is 2.16. The van der Waals surface area contributed by atoms with Crippen molar-refractivity contribution in [2.75, 3.05) is 12.4 Å². The first-order valence-electron chi connectivity index (χ1n) is 7.06. The lowest BCUT2D eigenvalue weighted by atomic mass is 10.2. The summed E-state index contributed by atoms with van der Waals surface area (Å²) < 4.78 is 5.12. The Bertz CT molecular complexity index is 733. The van der Waals surface area contributed by atoms with Gasteiger partial charge in [-0.2, -0.15) is 5.26 Å². The van der Waals surface area contributed by atoms with Crippen molar-refractivity contribution in [3.63, 3.8) is 0 Å². The number of benzene rings is 2. The van der Waals surface area contributed by atoms with Crippen molar-refractivity contribution in [3.05, 3.63) is 71.9 Å². The number of nitrogens with zero attached hydrogens (tertiary/aromatic N) is 1. The van der Waals surface area contributed by atoms with Gasteiger partial charge in [-0.15, -0.1) is 0 Å². The van der Waals surface area contributed by atoms with E-state index in [9.17, 15) is 4.79 Å². The molecular formula is C18H17N3O2. The third-order valence-corrected chi connectivity index (χ3v) is 3.11. The molecule has 0 saturated carbocycles. The van der Waals surface area contributed by atoms with Crippen LogP contribution >= 0.6 is 0 Å². The van der Waals surface area contributed by atoms with Gasteiger partial charge in [0.05, 0.1) is 7.11 Å². The molecule has 0 aliphatic rings. The highest BCUT2D eigenvalue weighted by Gasteiger charge is 2.08. The fourth-order valence-electron chi connectivity index (χ4n) is 1.89. The summed E-state index contributed by atoms with van der Waals surface area (Å²) in [7, 11) is 1.58. The summed E-state index contributed by atoms with van der Waals surface area (Å²) in [6.07, 6.45) is 1.38. The van der Waals surface area contributed by atoms with E-state index < -0.39 is 5.91 Å². The molecule has 0 fully saturated rings. The SMILES string of the molecule is COc1cccc(NC=C(C#N)C(=O)NCc2ccccc2)c1. The summed E-state index contributed by atoms with van der Waals surface area (Å²) in [5.74, 6) is 0.266. The second-order valence-corrected chi connectivity index (χ2v) is 4.71. The van der Waals surface area contributed by atoms with E-state index >= 15 is 0 Å². The summed E-state index contributed by atoms with van der Waals surface area (Å²) >= 11 is 0. The van der Waals surface area contributed by atoms with Crippen molar-refractivity contribution in [3.8, 4) is 11.8 Å². The van der Waals surface area contributed by atoms with Crippen LogP contribution in [0, 0.1) is 11.3 Å². The minimum absolute atomic E-state index is 0.00347. The van der Waals surface area contributed by atoms with Crippen molar-refractivity contribution in [2.45, 2.75) is 6.54 Å². The van der Waals surface area contributed by atoms with E-state index in [-0.39, 0.29) is 5.57 Å². The van der Waals surface area contributed by atoms with Gasteiger partial charge in [-0.3, -0.25) is 4.79 Å². The van der Waals surface area contributed by atoms with Crippen LogP contribution in [0.5, 0.6) is 5.75 Å². The maximum atomic E-state index is 12.0. The van der Waals surface area contributed by atoms with Crippen LogP contribution in [0.2, 0.25) is 0 Å². The molecule has 116 valence electrons. The molecule has 1 amide bonds. The molecule has 0 spiro atoms. The van der Waals surface area contributed by atoms with E-state index in [1.807, 2.05) is 54.6 Å². The lowest BCUT2D eigenvalue weighted by molar-refractivity contribution is -0.117. The molecule has 2 aromatic carbocycles. The van der Waals surface area contributed by atoms with Crippen LogP contribution in [-0.2, 0) is 11.3 Å². The molecule has 0 radical (unpaired) electrons. The molecule has 0 bridgehead atoms. The molecule has 2 N–H and O–H groups in total. The highest BCUT2D eigenvalue weighted by molar-refractivity contribution is 5.97. The summed E-state index contributed by atoms with van der Waals surface area (Å²) in [5, 5.41) is 14.8. The predicted octanol–water partition coefficient (Wildman–Crippen LogP) is 2.83. The number of methoxy groups -OCH3 is 1. The molecule has 5 heteroatoms. The molecule has 0 aliphatic carbocycles. The third-order valence-electron chi connectivity index (χ3n) is 3.11. The maximum absolute atomic E-state index is 12.0. The van der Waals surface area contributed by atoms with Crippen LogP contribution in [0.3, 0.4) is 0 Å². The number of amides is 1. The Balaban J connectivity index is 1.97. The number of anilines is 1. The average molecular weight is 307 g/mol. The molecule has 23 heavy (non-hydrogen) atoms. The van der Waals surface area contributed by atoms with Gasteiger partial charge in [0, 0.05) is 24.5 Å². The van der Waals surface area contributed by atoms with Gasteiger partial charge in [-0.1, -0.05) is 36.4 Å². The predicted molar refractivity (Wildman–Crippen MR) is 88.6 cm³/mol. The number of nitriles is 1. The van der Waals surface area contributed by atoms with E-state index in [4.69, 9.17) is 10.00 Å². The Labute approximate surface area is 135 Å². The first-order chi connectivity index (χ1) is 11.2. The van der Waals surface area contributed by atoms with Gasteiger partial charge in [-0.05, 0) is 17.7 Å². The first kappa shape index (κ1) is 16.1. The van der Waals surface area contributed by atoms with Crippen LogP contribution in [0.4, 0.5) is 5.69 Å². The topological polar surface area (TPSA) is 74.1 Å². The third kappa shape index (κ3) is 4.90. The monoisotopic (exact) mass is 307 g/mol. The zero-order chi connectivity index (χ0) is 16.5. The average Bonchev–Trinajstić information content (AvgIpc) is 2.61. The molecule has 0 saturated heterocycles. The first-order valence-corrected chi connectivity index (χ1v) is 7.06. The largest absolute Gasteiger partial charge is 0.497 e. The van der Waals surface area contributed by atoms with Gasteiger partial charge in [0.1, 0.15) is 17.4 Å². The summed E-state index contributed by atoms with van der Waals surface area (Å²) in [6.45, 7) is 0.373. The normalized spacial score (nSPS) is 10.5. The molecule has 0 heterocycles. The molecule has 0 aromatic heterocycles. The molecule has 0 aliphatic heterocycles. The van der Waals surface area contributed by atoms with E-state index in [0.29, 0.717) is 12.3 Å². The van der Waals surface area contributed by atoms with E-state index in [1.54, 1.807) is 13.2 Å². The van der Waals surface area contributed by atoms with E-state index in [2.05, 4.69) is 10.6 Å². The number of ether oxygens (including phenoxy) is 1. The van der Waals surface area contributed by atoms with Crippen LogP contribution in [-0.4, -0.2) is 13.0 Å². The van der Waals surface area contributed by atoms with Gasteiger partial charge in [0.2, 0.25) is 0 Å². The lowest BCUT2D eigenvalue weighted by Gasteiger charge is -2.06.